The number of nitrogens with one attached hydrogen (secondary N) is 2. The fourth-order valence-electron chi connectivity index (χ4n) is 3.69. The van der Waals surface area contributed by atoms with Crippen LogP contribution >= 0.6 is 11.3 Å². The number of H-pyrrole nitrogens is 1. The smallest absolute Gasteiger partial charge is 0.266 e. The van der Waals surface area contributed by atoms with Crippen LogP contribution < -0.4 is 10.1 Å². The van der Waals surface area contributed by atoms with Gasteiger partial charge in [-0.05, 0) is 48.9 Å². The van der Waals surface area contributed by atoms with Crippen molar-refractivity contribution in [1.82, 2.24) is 19.9 Å². The van der Waals surface area contributed by atoms with Gasteiger partial charge in [0.05, 0.1) is 28.4 Å². The molecule has 3 aromatic heterocycles. The Bertz CT molecular complexity index is 1440. The number of aromatic amines is 1. The molecule has 0 aliphatic rings. The molecule has 9 heteroatoms. The summed E-state index contributed by atoms with van der Waals surface area (Å²) in [4.78, 5) is 31.2. The molecule has 0 spiro atoms. The van der Waals surface area contributed by atoms with Crippen molar-refractivity contribution in [1.29, 1.82) is 0 Å². The quantitative estimate of drug-likeness (QED) is 0.372. The van der Waals surface area contributed by atoms with E-state index in [1.807, 2.05) is 55.5 Å². The van der Waals surface area contributed by atoms with Crippen LogP contribution in [0.15, 0.2) is 48.5 Å². The van der Waals surface area contributed by atoms with E-state index in [0.29, 0.717) is 27.1 Å². The number of hydrogen-bond donors (Lipinski definition) is 2. The van der Waals surface area contributed by atoms with E-state index in [1.54, 1.807) is 14.2 Å². The van der Waals surface area contributed by atoms with Gasteiger partial charge in [-0.25, -0.2) is 9.97 Å². The number of ether oxygens (including phenoxy) is 2. The molecule has 0 saturated carbocycles. The number of imidazole rings is 1. The summed E-state index contributed by atoms with van der Waals surface area (Å²) >= 11 is 1.31. The standard InChI is InChI=1S/C24H21N5O3S/c1-13-19-23(32-3)28-18(12-31-2)29-24(19)33-20(13)22(30)25-15-10-8-14(9-11-15)21-26-16-6-4-5-7-17(16)27-21/h4-11H,12H2,1-3H3,(H,25,30)(H,26,27). The third kappa shape index (κ3) is 3.92. The Morgan fingerprint density at radius 3 is 2.58 bits per heavy atom. The maximum absolute atomic E-state index is 13.1. The average Bonchev–Trinajstić information content (AvgIpc) is 3.40. The van der Waals surface area contributed by atoms with E-state index in [-0.39, 0.29) is 12.5 Å². The highest BCUT2D eigenvalue weighted by Crippen LogP contribution is 2.35. The van der Waals surface area contributed by atoms with Crippen LogP contribution in [0.4, 0.5) is 5.69 Å². The predicted molar refractivity (Wildman–Crippen MR) is 129 cm³/mol. The van der Waals surface area contributed by atoms with Gasteiger partial charge in [-0.1, -0.05) is 12.1 Å². The lowest BCUT2D eigenvalue weighted by molar-refractivity contribution is 0.103. The van der Waals surface area contributed by atoms with Crippen LogP contribution in [-0.2, 0) is 11.3 Å². The first-order chi connectivity index (χ1) is 16.1. The minimum atomic E-state index is -0.206. The number of anilines is 1. The summed E-state index contributed by atoms with van der Waals surface area (Å²) in [5.41, 5.74) is 4.31. The minimum Gasteiger partial charge on any atom is -0.480 e. The summed E-state index contributed by atoms with van der Waals surface area (Å²) in [5, 5.41) is 3.71. The molecule has 0 saturated heterocycles. The molecule has 2 aromatic carbocycles. The maximum Gasteiger partial charge on any atom is 0.266 e. The van der Waals surface area contributed by atoms with Crippen LogP contribution in [0.3, 0.4) is 0 Å². The van der Waals surface area contributed by atoms with Crippen molar-refractivity contribution < 1.29 is 14.3 Å². The molecular weight excluding hydrogens is 438 g/mol. The van der Waals surface area contributed by atoms with E-state index in [9.17, 15) is 4.79 Å². The van der Waals surface area contributed by atoms with Gasteiger partial charge in [0.25, 0.3) is 5.91 Å². The number of hydrogen-bond acceptors (Lipinski definition) is 7. The number of aromatic nitrogens is 4. The predicted octanol–water partition coefficient (Wildman–Crippen LogP) is 4.95. The van der Waals surface area contributed by atoms with Crippen LogP contribution in [0.2, 0.25) is 0 Å². The van der Waals surface area contributed by atoms with Crippen LogP contribution in [0.1, 0.15) is 21.1 Å². The van der Waals surface area contributed by atoms with Gasteiger partial charge in [0.1, 0.15) is 17.3 Å². The van der Waals surface area contributed by atoms with E-state index >= 15 is 0 Å². The topological polar surface area (TPSA) is 102 Å². The Morgan fingerprint density at radius 1 is 1.06 bits per heavy atom. The molecule has 2 N–H and O–H groups in total. The van der Waals surface area contributed by atoms with Gasteiger partial charge < -0.3 is 19.8 Å². The Labute approximate surface area is 193 Å². The SMILES string of the molecule is COCc1nc(OC)c2c(C)c(C(=O)Nc3ccc(-c4nc5ccccc5[nH]4)cc3)sc2n1. The Morgan fingerprint density at radius 2 is 1.85 bits per heavy atom. The summed E-state index contributed by atoms with van der Waals surface area (Å²) in [6.07, 6.45) is 0. The normalized spacial score (nSPS) is 11.2. The number of aryl methyl sites for hydroxylation is 1. The van der Waals surface area contributed by atoms with Crippen LogP contribution in [0.25, 0.3) is 32.6 Å². The number of fused-ring (bicyclic) bond motifs is 2. The first-order valence-electron chi connectivity index (χ1n) is 10.3. The summed E-state index contributed by atoms with van der Waals surface area (Å²) < 4.78 is 10.6. The van der Waals surface area contributed by atoms with Crippen molar-refractivity contribution in [3.63, 3.8) is 0 Å². The Balaban J connectivity index is 1.40. The van der Waals surface area contributed by atoms with E-state index in [0.717, 1.165) is 33.4 Å². The maximum atomic E-state index is 13.1. The van der Waals surface area contributed by atoms with E-state index < -0.39 is 0 Å². The number of para-hydroxylation sites is 2. The second kappa shape index (κ2) is 8.61. The molecule has 0 atom stereocenters. The summed E-state index contributed by atoms with van der Waals surface area (Å²) in [6.45, 7) is 2.14. The fourth-order valence-corrected chi connectivity index (χ4v) is 4.78. The van der Waals surface area contributed by atoms with Crippen LogP contribution in [-0.4, -0.2) is 40.1 Å². The largest absolute Gasteiger partial charge is 0.480 e. The zero-order valence-corrected chi connectivity index (χ0v) is 19.1. The van der Waals surface area contributed by atoms with E-state index in [2.05, 4.69) is 25.3 Å². The number of benzene rings is 2. The highest BCUT2D eigenvalue weighted by Gasteiger charge is 2.21. The molecule has 0 radical (unpaired) electrons. The third-order valence-corrected chi connectivity index (χ3v) is 6.47. The molecule has 1 amide bonds. The van der Waals surface area contributed by atoms with Crippen molar-refractivity contribution in [2.75, 3.05) is 19.5 Å². The highest BCUT2D eigenvalue weighted by atomic mass is 32.1. The Hall–Kier alpha value is -3.82. The van der Waals surface area contributed by atoms with E-state index in [4.69, 9.17) is 9.47 Å². The first-order valence-corrected chi connectivity index (χ1v) is 11.1. The van der Waals surface area contributed by atoms with Crippen molar-refractivity contribution in [2.45, 2.75) is 13.5 Å². The molecule has 33 heavy (non-hydrogen) atoms. The lowest BCUT2D eigenvalue weighted by Crippen LogP contribution is -2.11. The molecule has 0 unspecified atom stereocenters. The van der Waals surface area contributed by atoms with Crippen LogP contribution in [0, 0.1) is 6.92 Å². The second-order valence-corrected chi connectivity index (χ2v) is 8.45. The number of carbonyl (C=O) groups is 1. The number of rotatable bonds is 6. The lowest BCUT2D eigenvalue weighted by atomic mass is 10.2. The van der Waals surface area contributed by atoms with Gasteiger partial charge in [-0.2, -0.15) is 4.98 Å². The molecule has 0 aliphatic heterocycles. The summed E-state index contributed by atoms with van der Waals surface area (Å²) in [6, 6.07) is 15.5. The molecule has 3 heterocycles. The number of amides is 1. The van der Waals surface area contributed by atoms with Crippen molar-refractivity contribution >= 4 is 44.2 Å². The number of nitrogens with zero attached hydrogens (tertiary/aromatic N) is 3. The van der Waals surface area contributed by atoms with Gasteiger partial charge >= 0.3 is 0 Å². The molecule has 5 rings (SSSR count). The zero-order chi connectivity index (χ0) is 22.9. The van der Waals surface area contributed by atoms with Gasteiger partial charge in [0, 0.05) is 18.4 Å². The minimum absolute atomic E-state index is 0.206. The summed E-state index contributed by atoms with van der Waals surface area (Å²) in [5.74, 6) is 1.53. The summed E-state index contributed by atoms with van der Waals surface area (Å²) in [7, 11) is 3.14. The molecule has 8 nitrogen and oxygen atoms in total. The molecule has 0 aliphatic carbocycles. The first kappa shape index (κ1) is 21.0. The van der Waals surface area contributed by atoms with Crippen molar-refractivity contribution in [3.8, 4) is 17.3 Å². The molecular formula is C24H21N5O3S. The average molecular weight is 460 g/mol. The van der Waals surface area contributed by atoms with Gasteiger partial charge in [-0.3, -0.25) is 4.79 Å². The number of thiophene rings is 1. The monoisotopic (exact) mass is 459 g/mol. The number of methoxy groups -OCH3 is 2. The molecule has 166 valence electrons. The highest BCUT2D eigenvalue weighted by molar-refractivity contribution is 7.20. The molecule has 0 bridgehead atoms. The van der Waals surface area contributed by atoms with E-state index in [1.165, 1.54) is 11.3 Å². The third-order valence-electron chi connectivity index (χ3n) is 5.28. The number of carbonyl (C=O) groups excluding carboxylic acids is 1. The van der Waals surface area contributed by atoms with Crippen LogP contribution in [0.5, 0.6) is 5.88 Å². The van der Waals surface area contributed by atoms with Crippen molar-refractivity contribution in [3.05, 3.63) is 64.8 Å². The fraction of sp³-hybridized carbons (Fsp3) is 0.167. The zero-order valence-electron chi connectivity index (χ0n) is 18.3. The second-order valence-electron chi connectivity index (χ2n) is 7.45. The van der Waals surface area contributed by atoms with Gasteiger partial charge in [-0.15, -0.1) is 11.3 Å². The molecule has 0 fully saturated rings. The van der Waals surface area contributed by atoms with Gasteiger partial charge in [0.15, 0.2) is 5.82 Å². The molecule has 5 aromatic rings. The lowest BCUT2D eigenvalue weighted by Gasteiger charge is -2.06. The van der Waals surface area contributed by atoms with Crippen molar-refractivity contribution in [2.24, 2.45) is 0 Å². The van der Waals surface area contributed by atoms with Gasteiger partial charge in [0.2, 0.25) is 5.88 Å². The Kier molecular flexibility index (Phi) is 5.49.